The van der Waals surface area contributed by atoms with E-state index in [2.05, 4.69) is 10.6 Å². The third-order valence-electron chi connectivity index (χ3n) is 2.60. The van der Waals surface area contributed by atoms with Crippen molar-refractivity contribution in [2.45, 2.75) is 19.9 Å². The van der Waals surface area contributed by atoms with Crippen LogP contribution in [-0.2, 0) is 10.0 Å². The van der Waals surface area contributed by atoms with Crippen molar-refractivity contribution in [3.63, 3.8) is 0 Å². The molecule has 0 unspecified atom stereocenters. The van der Waals surface area contributed by atoms with Crippen molar-refractivity contribution in [2.24, 2.45) is 0 Å². The first-order valence-corrected chi connectivity index (χ1v) is 9.19. The number of nitrogens with one attached hydrogen (secondary N) is 2. The summed E-state index contributed by atoms with van der Waals surface area (Å²) in [6, 6.07) is 4.20. The highest BCUT2D eigenvalue weighted by atomic mass is 35.5. The van der Waals surface area contributed by atoms with E-state index in [-0.39, 0.29) is 35.9 Å². The zero-order valence-electron chi connectivity index (χ0n) is 12.6. The molecule has 1 rings (SSSR count). The van der Waals surface area contributed by atoms with E-state index < -0.39 is 10.0 Å². The number of rotatable bonds is 6. The van der Waals surface area contributed by atoms with Crippen LogP contribution >= 0.6 is 23.2 Å². The summed E-state index contributed by atoms with van der Waals surface area (Å²) in [5.41, 5.74) is 0.280. The van der Waals surface area contributed by atoms with Crippen LogP contribution in [0.5, 0.6) is 0 Å². The van der Waals surface area contributed by atoms with Crippen LogP contribution in [-0.4, -0.2) is 39.8 Å². The Labute approximate surface area is 140 Å². The lowest BCUT2D eigenvalue weighted by Gasteiger charge is -2.24. The monoisotopic (exact) mass is 367 g/mol. The zero-order valence-corrected chi connectivity index (χ0v) is 14.9. The van der Waals surface area contributed by atoms with Crippen LogP contribution in [0.1, 0.15) is 13.8 Å². The van der Waals surface area contributed by atoms with E-state index in [0.717, 1.165) is 10.6 Å². The van der Waals surface area contributed by atoms with Crippen LogP contribution in [0, 0.1) is 0 Å². The van der Waals surface area contributed by atoms with Gasteiger partial charge in [-0.25, -0.2) is 13.2 Å². The fraction of sp³-hybridized carbons (Fsp3) is 0.462. The molecule has 0 aromatic heterocycles. The summed E-state index contributed by atoms with van der Waals surface area (Å²) in [6.45, 7) is 3.83. The van der Waals surface area contributed by atoms with Gasteiger partial charge in [0.05, 0.1) is 23.5 Å². The van der Waals surface area contributed by atoms with Gasteiger partial charge in [-0.15, -0.1) is 0 Å². The molecule has 0 spiro atoms. The van der Waals surface area contributed by atoms with E-state index in [1.54, 1.807) is 6.07 Å². The summed E-state index contributed by atoms with van der Waals surface area (Å²) in [4.78, 5) is 11.5. The molecule has 0 aliphatic carbocycles. The number of benzene rings is 1. The van der Waals surface area contributed by atoms with Crippen LogP contribution in [0.15, 0.2) is 18.2 Å². The van der Waals surface area contributed by atoms with Crippen molar-refractivity contribution in [1.82, 2.24) is 10.6 Å². The Bertz CT molecular complexity index is 635. The molecule has 0 aliphatic rings. The molecule has 124 valence electrons. The Kier molecular flexibility index (Phi) is 6.77. The summed E-state index contributed by atoms with van der Waals surface area (Å²) in [7, 11) is -3.56. The van der Waals surface area contributed by atoms with E-state index in [9.17, 15) is 13.2 Å². The van der Waals surface area contributed by atoms with Crippen LogP contribution in [0.25, 0.3) is 0 Å². The maximum Gasteiger partial charge on any atom is 0.315 e. The van der Waals surface area contributed by atoms with E-state index in [1.807, 2.05) is 13.8 Å². The number of carbonyl (C=O) groups excluding carboxylic acids is 1. The van der Waals surface area contributed by atoms with Crippen molar-refractivity contribution in [2.75, 3.05) is 23.7 Å². The number of anilines is 1. The summed E-state index contributed by atoms with van der Waals surface area (Å²) in [5.74, 6) is 0. The van der Waals surface area contributed by atoms with Gasteiger partial charge in [0.1, 0.15) is 0 Å². The molecule has 0 bridgehead atoms. The molecule has 0 radical (unpaired) electrons. The number of hydrogen-bond donors (Lipinski definition) is 2. The summed E-state index contributed by atoms with van der Waals surface area (Å²) >= 11 is 11.9. The third-order valence-corrected chi connectivity index (χ3v) is 4.33. The molecule has 0 saturated carbocycles. The Morgan fingerprint density at radius 3 is 2.50 bits per heavy atom. The van der Waals surface area contributed by atoms with Crippen molar-refractivity contribution >= 4 is 44.9 Å². The normalized spacial score (nSPS) is 11.4. The highest BCUT2D eigenvalue weighted by Crippen LogP contribution is 2.30. The number of sulfonamides is 1. The molecule has 0 atom stereocenters. The number of amides is 2. The zero-order chi connectivity index (χ0) is 16.9. The predicted octanol–water partition coefficient (Wildman–Crippen LogP) is 2.47. The van der Waals surface area contributed by atoms with Crippen molar-refractivity contribution < 1.29 is 13.2 Å². The highest BCUT2D eigenvalue weighted by molar-refractivity contribution is 7.92. The first-order chi connectivity index (χ1) is 10.1. The molecule has 9 heteroatoms. The Morgan fingerprint density at radius 1 is 1.32 bits per heavy atom. The molecule has 6 nitrogen and oxygen atoms in total. The largest absolute Gasteiger partial charge is 0.336 e. The van der Waals surface area contributed by atoms with Crippen LogP contribution in [0.2, 0.25) is 10.0 Å². The maximum atomic E-state index is 11.9. The number of halogens is 2. The fourth-order valence-corrected chi connectivity index (χ4v) is 3.09. The number of carbonyl (C=O) groups is 1. The van der Waals surface area contributed by atoms with Gasteiger partial charge in [0.25, 0.3) is 0 Å². The van der Waals surface area contributed by atoms with Gasteiger partial charge in [0.15, 0.2) is 0 Å². The van der Waals surface area contributed by atoms with Gasteiger partial charge in [-0.05, 0) is 32.0 Å². The Morgan fingerprint density at radius 2 is 1.95 bits per heavy atom. The quantitative estimate of drug-likeness (QED) is 0.810. The SMILES string of the molecule is CC(C)NC(=O)NCCN(c1cc(Cl)ccc1Cl)S(C)(=O)=O. The lowest BCUT2D eigenvalue weighted by Crippen LogP contribution is -2.44. The van der Waals surface area contributed by atoms with Gasteiger partial charge in [-0.1, -0.05) is 23.2 Å². The maximum absolute atomic E-state index is 11.9. The standard InChI is InChI=1S/C13H19Cl2N3O3S/c1-9(2)17-13(19)16-6-7-18(22(3,20)21)12-8-10(14)4-5-11(12)15/h4-5,8-9H,6-7H2,1-3H3,(H2,16,17,19). The first kappa shape index (κ1) is 18.9. The number of nitrogens with zero attached hydrogens (tertiary/aromatic N) is 1. The minimum absolute atomic E-state index is 0.00612. The van der Waals surface area contributed by atoms with E-state index in [0.29, 0.717) is 5.02 Å². The minimum atomic E-state index is -3.56. The second kappa shape index (κ2) is 7.89. The Hall–Kier alpha value is -1.18. The summed E-state index contributed by atoms with van der Waals surface area (Å²) in [5, 5.41) is 5.88. The van der Waals surface area contributed by atoms with Gasteiger partial charge < -0.3 is 10.6 Å². The average Bonchev–Trinajstić information content (AvgIpc) is 2.35. The number of hydrogen-bond acceptors (Lipinski definition) is 3. The van der Waals surface area contributed by atoms with E-state index in [1.165, 1.54) is 12.1 Å². The molecular formula is C13H19Cl2N3O3S. The predicted molar refractivity (Wildman–Crippen MR) is 90.3 cm³/mol. The molecule has 0 saturated heterocycles. The first-order valence-electron chi connectivity index (χ1n) is 6.58. The second-order valence-corrected chi connectivity index (χ2v) is 7.74. The molecule has 2 amide bonds. The van der Waals surface area contributed by atoms with Gasteiger partial charge in [-0.3, -0.25) is 4.31 Å². The molecule has 0 heterocycles. The highest BCUT2D eigenvalue weighted by Gasteiger charge is 2.20. The van der Waals surface area contributed by atoms with Gasteiger partial charge in [0.2, 0.25) is 10.0 Å². The lowest BCUT2D eigenvalue weighted by atomic mass is 10.3. The van der Waals surface area contributed by atoms with Crippen molar-refractivity contribution in [1.29, 1.82) is 0 Å². The lowest BCUT2D eigenvalue weighted by molar-refractivity contribution is 0.239. The van der Waals surface area contributed by atoms with Gasteiger partial charge >= 0.3 is 6.03 Å². The fourth-order valence-electron chi connectivity index (χ4n) is 1.73. The smallest absolute Gasteiger partial charge is 0.315 e. The van der Waals surface area contributed by atoms with Crippen LogP contribution < -0.4 is 14.9 Å². The molecule has 0 aliphatic heterocycles. The van der Waals surface area contributed by atoms with Crippen LogP contribution in [0.4, 0.5) is 10.5 Å². The van der Waals surface area contributed by atoms with Crippen LogP contribution in [0.3, 0.4) is 0 Å². The molecule has 0 fully saturated rings. The third kappa shape index (κ3) is 5.90. The molecular weight excluding hydrogens is 349 g/mol. The minimum Gasteiger partial charge on any atom is -0.336 e. The molecule has 1 aromatic rings. The molecule has 2 N–H and O–H groups in total. The van der Waals surface area contributed by atoms with E-state index in [4.69, 9.17) is 23.2 Å². The second-order valence-electron chi connectivity index (χ2n) is 4.99. The Balaban J connectivity index is 2.84. The van der Waals surface area contributed by atoms with Crippen molar-refractivity contribution in [3.05, 3.63) is 28.2 Å². The average molecular weight is 368 g/mol. The van der Waals surface area contributed by atoms with Gasteiger partial charge in [0, 0.05) is 17.6 Å². The summed E-state index contributed by atoms with van der Waals surface area (Å²) in [6.07, 6.45) is 1.07. The summed E-state index contributed by atoms with van der Waals surface area (Å²) < 4.78 is 25.0. The molecule has 22 heavy (non-hydrogen) atoms. The molecule has 1 aromatic carbocycles. The van der Waals surface area contributed by atoms with Crippen molar-refractivity contribution in [3.8, 4) is 0 Å². The number of urea groups is 1. The topological polar surface area (TPSA) is 78.5 Å². The van der Waals surface area contributed by atoms with E-state index >= 15 is 0 Å². The van der Waals surface area contributed by atoms with Gasteiger partial charge in [-0.2, -0.15) is 0 Å².